The van der Waals surface area contributed by atoms with Crippen molar-refractivity contribution >= 4 is 5.91 Å². The molecule has 0 aliphatic carbocycles. The van der Waals surface area contributed by atoms with E-state index in [0.29, 0.717) is 35.9 Å². The molecule has 2 aromatic carbocycles. The normalized spacial score (nSPS) is 18.4. The van der Waals surface area contributed by atoms with Crippen LogP contribution in [0, 0.1) is 0 Å². The number of hydrogen-bond acceptors (Lipinski definition) is 6. The molecule has 5 rings (SSSR count). The van der Waals surface area contributed by atoms with E-state index >= 15 is 0 Å². The third-order valence-corrected chi connectivity index (χ3v) is 6.61. The van der Waals surface area contributed by atoms with Crippen LogP contribution in [0.1, 0.15) is 61.5 Å². The Balaban J connectivity index is 1.45. The van der Waals surface area contributed by atoms with Crippen LogP contribution in [0.2, 0.25) is 0 Å². The largest absolute Gasteiger partial charge is 0.440 e. The number of likely N-dealkylation sites (tertiary alicyclic amines) is 1. The van der Waals surface area contributed by atoms with E-state index in [1.165, 1.54) is 4.80 Å². The van der Waals surface area contributed by atoms with Crippen LogP contribution in [0.5, 0.6) is 0 Å². The molecule has 4 aromatic rings. The summed E-state index contributed by atoms with van der Waals surface area (Å²) in [5.74, 6) is 1.18. The van der Waals surface area contributed by atoms with Crippen LogP contribution in [0.15, 0.2) is 71.4 Å². The maximum atomic E-state index is 13.8. The van der Waals surface area contributed by atoms with E-state index in [0.717, 1.165) is 24.1 Å². The molecule has 1 saturated heterocycles. The Morgan fingerprint density at radius 3 is 2.47 bits per heavy atom. The van der Waals surface area contributed by atoms with Crippen LogP contribution in [-0.2, 0) is 6.42 Å². The van der Waals surface area contributed by atoms with E-state index < -0.39 is 5.60 Å². The van der Waals surface area contributed by atoms with Crippen LogP contribution in [0.4, 0.5) is 0 Å². The van der Waals surface area contributed by atoms with Gasteiger partial charge in [-0.3, -0.25) is 4.79 Å². The smallest absolute Gasteiger partial charge is 0.256 e. The number of benzene rings is 2. The highest BCUT2D eigenvalue weighted by molar-refractivity contribution is 5.98. The predicted octanol–water partition coefficient (Wildman–Crippen LogP) is 4.64. The second-order valence-electron chi connectivity index (χ2n) is 10.1. The van der Waals surface area contributed by atoms with Crippen molar-refractivity contribution in [1.29, 1.82) is 0 Å². The van der Waals surface area contributed by atoms with Crippen LogP contribution in [0.25, 0.3) is 17.0 Å². The van der Waals surface area contributed by atoms with Crippen molar-refractivity contribution in [1.82, 2.24) is 24.9 Å². The molecular formula is C28H31N5O3. The Morgan fingerprint density at radius 1 is 1.06 bits per heavy atom. The molecule has 2 aromatic heterocycles. The zero-order chi connectivity index (χ0) is 25.3. The van der Waals surface area contributed by atoms with E-state index in [4.69, 9.17) is 9.40 Å². The van der Waals surface area contributed by atoms with Gasteiger partial charge in [0.2, 0.25) is 0 Å². The third-order valence-electron chi connectivity index (χ3n) is 6.61. The second kappa shape index (κ2) is 9.70. The summed E-state index contributed by atoms with van der Waals surface area (Å²) in [6.45, 7) is 6.11. The van der Waals surface area contributed by atoms with Crippen molar-refractivity contribution < 1.29 is 14.3 Å². The summed E-state index contributed by atoms with van der Waals surface area (Å²) < 4.78 is 6.35. The van der Waals surface area contributed by atoms with Crippen molar-refractivity contribution in [2.24, 2.45) is 0 Å². The minimum atomic E-state index is -0.926. The fraction of sp³-hybridized carbons (Fsp3) is 0.357. The number of amides is 1. The molecule has 8 heteroatoms. The van der Waals surface area contributed by atoms with Gasteiger partial charge in [-0.1, -0.05) is 42.5 Å². The molecule has 0 bridgehead atoms. The van der Waals surface area contributed by atoms with Crippen molar-refractivity contribution in [2.45, 2.75) is 57.6 Å². The average Bonchev–Trinajstić information content (AvgIpc) is 3.54. The second-order valence-corrected chi connectivity index (χ2v) is 10.1. The summed E-state index contributed by atoms with van der Waals surface area (Å²) in [4.78, 5) is 22.0. The lowest BCUT2D eigenvalue weighted by Crippen LogP contribution is -2.45. The highest BCUT2D eigenvalue weighted by Crippen LogP contribution is 2.35. The zero-order valence-corrected chi connectivity index (χ0v) is 20.8. The van der Waals surface area contributed by atoms with Crippen molar-refractivity contribution in [3.8, 4) is 17.0 Å². The lowest BCUT2D eigenvalue weighted by molar-refractivity contribution is 0.0597. The molecule has 1 amide bonds. The van der Waals surface area contributed by atoms with Crippen LogP contribution in [0.3, 0.4) is 0 Å². The van der Waals surface area contributed by atoms with Gasteiger partial charge in [0, 0.05) is 24.6 Å². The first-order valence-electron chi connectivity index (χ1n) is 12.3. The number of hydrogen-bond donors (Lipinski definition) is 1. The first kappa shape index (κ1) is 23.9. The standard InChI is InChI=1S/C28H31N5O3/c1-19-13-14-21(18-32(19)27(34)22-11-7-8-12-24(22)33-29-15-16-30-33)26-31-23(17-28(2,3)35)25(36-26)20-9-5-4-6-10-20/h4-12,15-16,19,21,35H,13-14,17-18H2,1-3H3/t19-,21-/m1/s1. The van der Waals surface area contributed by atoms with E-state index in [9.17, 15) is 9.90 Å². The van der Waals surface area contributed by atoms with E-state index in [2.05, 4.69) is 17.1 Å². The van der Waals surface area contributed by atoms with Gasteiger partial charge in [-0.25, -0.2) is 4.98 Å². The topological polar surface area (TPSA) is 97.3 Å². The maximum Gasteiger partial charge on any atom is 0.256 e. The molecule has 0 spiro atoms. The maximum absolute atomic E-state index is 13.8. The summed E-state index contributed by atoms with van der Waals surface area (Å²) in [7, 11) is 0. The Bertz CT molecular complexity index is 1320. The molecule has 1 fully saturated rings. The summed E-state index contributed by atoms with van der Waals surface area (Å²) in [6.07, 6.45) is 5.27. The molecule has 36 heavy (non-hydrogen) atoms. The number of oxazole rings is 1. The summed E-state index contributed by atoms with van der Waals surface area (Å²) in [5, 5.41) is 18.9. The van der Waals surface area contributed by atoms with Gasteiger partial charge in [0.25, 0.3) is 5.91 Å². The Kier molecular flexibility index (Phi) is 6.45. The number of aliphatic hydroxyl groups is 1. The molecule has 1 aliphatic rings. The lowest BCUT2D eigenvalue weighted by Gasteiger charge is -2.37. The van der Waals surface area contributed by atoms with Gasteiger partial charge in [-0.15, -0.1) is 0 Å². The monoisotopic (exact) mass is 485 g/mol. The summed E-state index contributed by atoms with van der Waals surface area (Å²) >= 11 is 0. The van der Waals surface area contributed by atoms with Crippen molar-refractivity contribution in [3.63, 3.8) is 0 Å². The molecule has 2 atom stereocenters. The number of carbonyl (C=O) groups excluding carboxylic acids is 1. The zero-order valence-electron chi connectivity index (χ0n) is 20.8. The fourth-order valence-corrected chi connectivity index (χ4v) is 4.80. The van der Waals surface area contributed by atoms with E-state index in [-0.39, 0.29) is 17.9 Å². The molecule has 0 radical (unpaired) electrons. The molecule has 8 nitrogen and oxygen atoms in total. The first-order chi connectivity index (χ1) is 17.3. The molecule has 0 saturated carbocycles. The molecule has 1 aliphatic heterocycles. The van der Waals surface area contributed by atoms with Gasteiger partial charge in [0.05, 0.1) is 40.9 Å². The summed E-state index contributed by atoms with van der Waals surface area (Å²) in [5.41, 5.74) is 1.94. The van der Waals surface area contributed by atoms with E-state index in [1.807, 2.05) is 59.5 Å². The third kappa shape index (κ3) is 4.95. The van der Waals surface area contributed by atoms with Gasteiger partial charge in [0.1, 0.15) is 0 Å². The number of carbonyl (C=O) groups is 1. The van der Waals surface area contributed by atoms with Crippen molar-refractivity contribution in [2.75, 3.05) is 6.54 Å². The first-order valence-corrected chi connectivity index (χ1v) is 12.3. The van der Waals surface area contributed by atoms with Crippen LogP contribution in [-0.4, -0.2) is 54.1 Å². The minimum Gasteiger partial charge on any atom is -0.440 e. The van der Waals surface area contributed by atoms with Gasteiger partial charge < -0.3 is 14.4 Å². The minimum absolute atomic E-state index is 0.0434. The van der Waals surface area contributed by atoms with Gasteiger partial charge in [0.15, 0.2) is 11.7 Å². The number of nitrogens with zero attached hydrogens (tertiary/aromatic N) is 5. The number of aromatic nitrogens is 4. The van der Waals surface area contributed by atoms with E-state index in [1.54, 1.807) is 26.2 Å². The molecule has 1 N–H and O–H groups in total. The number of rotatable bonds is 6. The molecular weight excluding hydrogens is 454 g/mol. The average molecular weight is 486 g/mol. The number of para-hydroxylation sites is 1. The van der Waals surface area contributed by atoms with Gasteiger partial charge in [-0.05, 0) is 45.7 Å². The quantitative estimate of drug-likeness (QED) is 0.427. The predicted molar refractivity (Wildman–Crippen MR) is 136 cm³/mol. The highest BCUT2D eigenvalue weighted by atomic mass is 16.4. The Morgan fingerprint density at radius 2 is 1.75 bits per heavy atom. The summed E-state index contributed by atoms with van der Waals surface area (Å²) in [6, 6.07) is 17.3. The molecule has 186 valence electrons. The SMILES string of the molecule is C[C@@H]1CC[C@@H](c2nc(CC(C)(C)O)c(-c3ccccc3)o2)CN1C(=O)c1ccccc1-n1nccn1. The Hall–Kier alpha value is -3.78. The van der Waals surface area contributed by atoms with Gasteiger partial charge >= 0.3 is 0 Å². The van der Waals surface area contributed by atoms with Crippen LogP contribution < -0.4 is 0 Å². The highest BCUT2D eigenvalue weighted by Gasteiger charge is 2.35. The van der Waals surface area contributed by atoms with Crippen molar-refractivity contribution in [3.05, 3.63) is 84.1 Å². The fourth-order valence-electron chi connectivity index (χ4n) is 4.80. The lowest BCUT2D eigenvalue weighted by atomic mass is 9.92. The number of piperidine rings is 1. The Labute approximate surface area is 210 Å². The van der Waals surface area contributed by atoms with Crippen LogP contribution >= 0.6 is 0 Å². The molecule has 0 unspecified atom stereocenters. The molecule has 3 heterocycles. The van der Waals surface area contributed by atoms with Gasteiger partial charge in [-0.2, -0.15) is 15.0 Å².